The largest absolute Gasteiger partial charge is 0.490 e. The third-order valence-electron chi connectivity index (χ3n) is 5.47. The minimum absolute atomic E-state index is 0.106. The third-order valence-corrected chi connectivity index (χ3v) is 5.47. The number of amides is 1. The molecule has 1 aliphatic carbocycles. The fourth-order valence-electron chi connectivity index (χ4n) is 3.88. The van der Waals surface area contributed by atoms with E-state index in [9.17, 15) is 4.79 Å². The number of imidazole rings is 1. The molecule has 1 aliphatic heterocycles. The molecule has 1 fully saturated rings. The van der Waals surface area contributed by atoms with E-state index in [1.807, 2.05) is 29.8 Å². The fraction of sp³-hybridized carbons (Fsp3) is 0.381. The van der Waals surface area contributed by atoms with E-state index in [-0.39, 0.29) is 24.8 Å². The van der Waals surface area contributed by atoms with E-state index in [0.29, 0.717) is 5.56 Å². The molecule has 5 rings (SSSR count). The number of carbonyl (C=O) groups is 1. The lowest BCUT2D eigenvalue weighted by atomic mass is 9.92. The molecular formula is C21H22N4O4. The topological polar surface area (TPSA) is 87.5 Å². The number of hydrogen-bond acceptors (Lipinski definition) is 6. The van der Waals surface area contributed by atoms with Gasteiger partial charge in [-0.2, -0.15) is 0 Å². The first-order valence-corrected chi connectivity index (χ1v) is 9.80. The van der Waals surface area contributed by atoms with Gasteiger partial charge in [0.15, 0.2) is 17.1 Å². The van der Waals surface area contributed by atoms with E-state index >= 15 is 0 Å². The van der Waals surface area contributed by atoms with Gasteiger partial charge < -0.3 is 24.1 Å². The highest BCUT2D eigenvalue weighted by Crippen LogP contribution is 2.36. The summed E-state index contributed by atoms with van der Waals surface area (Å²) in [5.41, 5.74) is 2.03. The molecule has 3 aromatic rings. The molecule has 2 aliphatic rings. The zero-order valence-electron chi connectivity index (χ0n) is 16.1. The molecule has 8 heteroatoms. The van der Waals surface area contributed by atoms with Crippen molar-refractivity contribution in [3.63, 3.8) is 0 Å². The van der Waals surface area contributed by atoms with Crippen LogP contribution in [0.5, 0.6) is 17.2 Å². The van der Waals surface area contributed by atoms with Gasteiger partial charge in [-0.25, -0.2) is 9.97 Å². The van der Waals surface area contributed by atoms with E-state index in [1.54, 1.807) is 18.6 Å². The van der Waals surface area contributed by atoms with Gasteiger partial charge in [0, 0.05) is 25.4 Å². The second-order valence-electron chi connectivity index (χ2n) is 7.50. The lowest BCUT2D eigenvalue weighted by molar-refractivity contribution is 0.0893. The van der Waals surface area contributed by atoms with Crippen LogP contribution in [0.1, 0.15) is 36.0 Å². The molecular weight excluding hydrogens is 372 g/mol. The Morgan fingerprint density at radius 3 is 2.83 bits per heavy atom. The Morgan fingerprint density at radius 2 is 1.97 bits per heavy atom. The minimum Gasteiger partial charge on any atom is -0.490 e. The highest BCUT2D eigenvalue weighted by Gasteiger charge is 2.25. The van der Waals surface area contributed by atoms with Gasteiger partial charge in [0.2, 0.25) is 6.79 Å². The van der Waals surface area contributed by atoms with Gasteiger partial charge >= 0.3 is 0 Å². The number of nitrogens with one attached hydrogen (secondary N) is 1. The smallest absolute Gasteiger partial charge is 0.253 e. The van der Waals surface area contributed by atoms with Crippen LogP contribution in [-0.2, 0) is 7.05 Å². The summed E-state index contributed by atoms with van der Waals surface area (Å²) in [6, 6.07) is 7.57. The summed E-state index contributed by atoms with van der Waals surface area (Å²) >= 11 is 0. The SMILES string of the molecule is Cn1cnc2cc(C(=O)NC3CCC(Oc4ccc5c(c4)OCO5)CC3)cnc21. The fourth-order valence-corrected chi connectivity index (χ4v) is 3.88. The van der Waals surface area contributed by atoms with Crippen molar-refractivity contribution in [2.24, 2.45) is 7.05 Å². The van der Waals surface area contributed by atoms with Crippen LogP contribution < -0.4 is 19.5 Å². The van der Waals surface area contributed by atoms with Crippen molar-refractivity contribution < 1.29 is 19.0 Å². The second-order valence-corrected chi connectivity index (χ2v) is 7.50. The molecule has 29 heavy (non-hydrogen) atoms. The monoisotopic (exact) mass is 394 g/mol. The molecule has 1 aromatic carbocycles. The molecule has 150 valence electrons. The summed E-state index contributed by atoms with van der Waals surface area (Å²) in [5.74, 6) is 2.16. The Kier molecular flexibility index (Phi) is 4.46. The summed E-state index contributed by atoms with van der Waals surface area (Å²) in [6.45, 7) is 0.256. The van der Waals surface area contributed by atoms with Gasteiger partial charge in [-0.15, -0.1) is 0 Å². The van der Waals surface area contributed by atoms with Crippen LogP contribution in [0.4, 0.5) is 0 Å². The average Bonchev–Trinajstić information content (AvgIpc) is 3.35. The van der Waals surface area contributed by atoms with Crippen LogP contribution in [0.15, 0.2) is 36.8 Å². The molecule has 0 radical (unpaired) electrons. The highest BCUT2D eigenvalue weighted by atomic mass is 16.7. The maximum atomic E-state index is 12.6. The first-order chi connectivity index (χ1) is 14.2. The molecule has 2 aromatic heterocycles. The van der Waals surface area contributed by atoms with Gasteiger partial charge in [-0.1, -0.05) is 0 Å². The molecule has 1 saturated carbocycles. The number of fused-ring (bicyclic) bond motifs is 2. The summed E-state index contributed by atoms with van der Waals surface area (Å²) in [6.07, 6.45) is 6.96. The molecule has 0 saturated heterocycles. The normalized spacial score (nSPS) is 20.6. The Hall–Kier alpha value is -3.29. The Balaban J connectivity index is 1.15. The molecule has 0 atom stereocenters. The van der Waals surface area contributed by atoms with E-state index < -0.39 is 0 Å². The number of ether oxygens (including phenoxy) is 3. The van der Waals surface area contributed by atoms with Gasteiger partial charge in [0.1, 0.15) is 11.3 Å². The maximum absolute atomic E-state index is 12.6. The van der Waals surface area contributed by atoms with Crippen molar-refractivity contribution in [1.82, 2.24) is 19.9 Å². The molecule has 0 unspecified atom stereocenters. The van der Waals surface area contributed by atoms with Crippen LogP contribution in [0.3, 0.4) is 0 Å². The van der Waals surface area contributed by atoms with Crippen molar-refractivity contribution in [1.29, 1.82) is 0 Å². The number of aryl methyl sites for hydroxylation is 1. The third kappa shape index (κ3) is 3.57. The number of nitrogens with zero attached hydrogens (tertiary/aromatic N) is 3. The van der Waals surface area contributed by atoms with Crippen LogP contribution in [0.25, 0.3) is 11.2 Å². The number of hydrogen-bond donors (Lipinski definition) is 1. The summed E-state index contributed by atoms with van der Waals surface area (Å²) in [5, 5.41) is 3.12. The number of pyridine rings is 1. The van der Waals surface area contributed by atoms with E-state index in [0.717, 1.165) is 54.1 Å². The zero-order chi connectivity index (χ0) is 19.8. The Morgan fingerprint density at radius 1 is 1.14 bits per heavy atom. The molecule has 1 N–H and O–H groups in total. The first-order valence-electron chi connectivity index (χ1n) is 9.80. The van der Waals surface area contributed by atoms with Crippen LogP contribution >= 0.6 is 0 Å². The van der Waals surface area contributed by atoms with Gasteiger partial charge in [0.25, 0.3) is 5.91 Å². The van der Waals surface area contributed by atoms with Crippen molar-refractivity contribution in [3.05, 3.63) is 42.4 Å². The number of aromatic nitrogens is 3. The van der Waals surface area contributed by atoms with E-state index in [2.05, 4.69) is 15.3 Å². The van der Waals surface area contributed by atoms with Crippen molar-refractivity contribution in [2.75, 3.05) is 6.79 Å². The lowest BCUT2D eigenvalue weighted by Gasteiger charge is -2.29. The summed E-state index contributed by atoms with van der Waals surface area (Å²) < 4.78 is 18.7. The quantitative estimate of drug-likeness (QED) is 0.732. The molecule has 0 spiro atoms. The first kappa shape index (κ1) is 17.8. The highest BCUT2D eigenvalue weighted by molar-refractivity contribution is 5.96. The average molecular weight is 394 g/mol. The summed E-state index contributed by atoms with van der Waals surface area (Å²) in [7, 11) is 1.88. The molecule has 3 heterocycles. The van der Waals surface area contributed by atoms with E-state index in [1.165, 1.54) is 0 Å². The van der Waals surface area contributed by atoms with Gasteiger partial charge in [-0.3, -0.25) is 4.79 Å². The van der Waals surface area contributed by atoms with Crippen molar-refractivity contribution in [2.45, 2.75) is 37.8 Å². The Labute approximate surface area is 167 Å². The maximum Gasteiger partial charge on any atom is 0.253 e. The number of carbonyl (C=O) groups excluding carboxylic acids is 1. The van der Waals surface area contributed by atoms with E-state index in [4.69, 9.17) is 14.2 Å². The minimum atomic E-state index is -0.106. The second kappa shape index (κ2) is 7.27. The van der Waals surface area contributed by atoms with Crippen LogP contribution in [-0.4, -0.2) is 39.4 Å². The Bertz CT molecular complexity index is 1060. The number of rotatable bonds is 4. The lowest BCUT2D eigenvalue weighted by Crippen LogP contribution is -2.39. The zero-order valence-corrected chi connectivity index (χ0v) is 16.1. The van der Waals surface area contributed by atoms with Crippen LogP contribution in [0.2, 0.25) is 0 Å². The number of benzene rings is 1. The van der Waals surface area contributed by atoms with Crippen molar-refractivity contribution in [3.8, 4) is 17.2 Å². The van der Waals surface area contributed by atoms with Crippen molar-refractivity contribution >= 4 is 17.1 Å². The summed E-state index contributed by atoms with van der Waals surface area (Å²) in [4.78, 5) is 21.2. The predicted molar refractivity (Wildman–Crippen MR) is 105 cm³/mol. The van der Waals surface area contributed by atoms with Gasteiger partial charge in [0.05, 0.1) is 18.0 Å². The molecule has 1 amide bonds. The van der Waals surface area contributed by atoms with Gasteiger partial charge in [-0.05, 0) is 43.9 Å². The standard InChI is InChI=1S/C21H22N4O4/c1-25-11-23-17-8-13(10-22-20(17)25)21(26)24-14-2-4-15(5-3-14)29-16-6-7-18-19(9-16)28-12-27-18/h6-11,14-15H,2-5,12H2,1H3,(H,24,26). The molecule has 0 bridgehead atoms. The molecule has 8 nitrogen and oxygen atoms in total. The van der Waals surface area contributed by atoms with Crippen LogP contribution in [0, 0.1) is 0 Å². The predicted octanol–water partition coefficient (Wildman–Crippen LogP) is 2.82.